The SMILES string of the molecule is O=C(CI)OCCCCCCCCCCOC(=O)CI. The van der Waals surface area contributed by atoms with Crippen LogP contribution in [0.4, 0.5) is 0 Å². The normalized spacial score (nSPS) is 10.3. The molecule has 0 spiro atoms. The lowest BCUT2D eigenvalue weighted by Gasteiger charge is -2.04. The Kier molecular flexibility index (Phi) is 16.1. The molecule has 0 amide bonds. The first-order chi connectivity index (χ1) is 9.70. The van der Waals surface area contributed by atoms with E-state index in [0.29, 0.717) is 22.1 Å². The fourth-order valence-electron chi connectivity index (χ4n) is 1.71. The third-order valence-corrected chi connectivity index (χ3v) is 4.03. The maximum absolute atomic E-state index is 10.9. The van der Waals surface area contributed by atoms with Crippen LogP contribution in [-0.2, 0) is 19.1 Å². The van der Waals surface area contributed by atoms with Crippen LogP contribution in [0.5, 0.6) is 0 Å². The van der Waals surface area contributed by atoms with Crippen LogP contribution in [0.2, 0.25) is 0 Å². The first kappa shape index (κ1) is 20.4. The Bertz CT molecular complexity index is 234. The Morgan fingerprint density at radius 2 is 0.900 bits per heavy atom. The van der Waals surface area contributed by atoms with Gasteiger partial charge >= 0.3 is 11.9 Å². The van der Waals surface area contributed by atoms with Crippen molar-refractivity contribution < 1.29 is 19.1 Å². The van der Waals surface area contributed by atoms with Crippen LogP contribution in [0.1, 0.15) is 51.4 Å². The minimum absolute atomic E-state index is 0.117. The largest absolute Gasteiger partial charge is 0.465 e. The Balaban J connectivity index is 3.06. The average Bonchev–Trinajstić information content (AvgIpc) is 2.47. The highest BCUT2D eigenvalue weighted by Crippen LogP contribution is 2.09. The van der Waals surface area contributed by atoms with Gasteiger partial charge < -0.3 is 9.47 Å². The maximum atomic E-state index is 10.9. The smallest absolute Gasteiger partial charge is 0.315 e. The highest BCUT2D eigenvalue weighted by Gasteiger charge is 1.99. The summed E-state index contributed by atoms with van der Waals surface area (Å²) in [4.78, 5) is 21.7. The molecule has 0 aromatic carbocycles. The fraction of sp³-hybridized carbons (Fsp3) is 0.857. The lowest BCUT2D eigenvalue weighted by molar-refractivity contribution is -0.141. The predicted molar refractivity (Wildman–Crippen MR) is 96.6 cm³/mol. The maximum Gasteiger partial charge on any atom is 0.315 e. The van der Waals surface area contributed by atoms with Crippen molar-refractivity contribution in [2.75, 3.05) is 22.1 Å². The summed E-state index contributed by atoms with van der Waals surface area (Å²) in [6.07, 6.45) is 9.05. The van der Waals surface area contributed by atoms with Crippen molar-refractivity contribution in [1.29, 1.82) is 0 Å². The van der Waals surface area contributed by atoms with Gasteiger partial charge in [0.05, 0.1) is 22.1 Å². The van der Waals surface area contributed by atoms with E-state index in [9.17, 15) is 9.59 Å². The molecule has 0 aliphatic heterocycles. The fourth-order valence-corrected chi connectivity index (χ4v) is 2.15. The van der Waals surface area contributed by atoms with Crippen molar-refractivity contribution in [3.8, 4) is 0 Å². The van der Waals surface area contributed by atoms with Crippen molar-refractivity contribution in [2.24, 2.45) is 0 Å². The summed E-state index contributed by atoms with van der Waals surface area (Å²) in [6, 6.07) is 0. The number of ether oxygens (including phenoxy) is 2. The second kappa shape index (κ2) is 15.8. The van der Waals surface area contributed by atoms with Crippen LogP contribution < -0.4 is 0 Å². The molecule has 0 aliphatic carbocycles. The van der Waals surface area contributed by atoms with Crippen molar-refractivity contribution in [3.63, 3.8) is 0 Å². The van der Waals surface area contributed by atoms with Gasteiger partial charge in [-0.2, -0.15) is 0 Å². The van der Waals surface area contributed by atoms with Crippen molar-refractivity contribution in [3.05, 3.63) is 0 Å². The van der Waals surface area contributed by atoms with Gasteiger partial charge in [0, 0.05) is 0 Å². The van der Waals surface area contributed by atoms with Crippen LogP contribution in [0.25, 0.3) is 0 Å². The van der Waals surface area contributed by atoms with E-state index in [-0.39, 0.29) is 11.9 Å². The Morgan fingerprint density at radius 3 is 1.20 bits per heavy atom. The molecule has 0 radical (unpaired) electrons. The Hall–Kier alpha value is 0.400. The monoisotopic (exact) mass is 510 g/mol. The van der Waals surface area contributed by atoms with Crippen molar-refractivity contribution in [2.45, 2.75) is 51.4 Å². The highest BCUT2D eigenvalue weighted by molar-refractivity contribution is 14.1. The highest BCUT2D eigenvalue weighted by atomic mass is 127. The third kappa shape index (κ3) is 14.8. The summed E-state index contributed by atoms with van der Waals surface area (Å²) in [5, 5.41) is 0. The molecule has 0 aromatic rings. The first-order valence-electron chi connectivity index (χ1n) is 7.14. The molecular formula is C14H24I2O4. The minimum atomic E-state index is -0.117. The average molecular weight is 510 g/mol. The molecule has 0 saturated carbocycles. The van der Waals surface area contributed by atoms with Crippen LogP contribution in [0, 0.1) is 0 Å². The predicted octanol–water partition coefficient (Wildman–Crippen LogP) is 4.06. The Labute approximate surface area is 149 Å². The second-order valence-electron chi connectivity index (χ2n) is 4.54. The van der Waals surface area contributed by atoms with Gasteiger partial charge in [0.1, 0.15) is 0 Å². The molecule has 0 heterocycles. The molecule has 0 bridgehead atoms. The number of hydrogen-bond acceptors (Lipinski definition) is 4. The summed E-state index contributed by atoms with van der Waals surface area (Å²) in [5.41, 5.74) is 0. The number of halogens is 2. The lowest BCUT2D eigenvalue weighted by Crippen LogP contribution is -2.06. The van der Waals surface area contributed by atoms with Gasteiger partial charge in [-0.3, -0.25) is 9.59 Å². The number of rotatable bonds is 13. The molecule has 0 aliphatic rings. The number of esters is 2. The summed E-state index contributed by atoms with van der Waals surface area (Å²) in [6.45, 7) is 1.12. The zero-order chi connectivity index (χ0) is 15.1. The first-order valence-corrected chi connectivity index (χ1v) is 10.2. The van der Waals surface area contributed by atoms with Gasteiger partial charge in [-0.05, 0) is 12.8 Å². The quantitative estimate of drug-likeness (QED) is 0.162. The number of carbonyl (C=O) groups excluding carboxylic acids is 2. The summed E-state index contributed by atoms with van der Waals surface area (Å²) >= 11 is 4.02. The standard InChI is InChI=1S/C14H24I2O4/c15-11-13(17)19-9-7-5-3-1-2-4-6-8-10-20-14(18)12-16/h1-12H2. The zero-order valence-electron chi connectivity index (χ0n) is 11.9. The number of alkyl halides is 2. The van der Waals surface area contributed by atoms with Gasteiger partial charge in [0.2, 0.25) is 0 Å². The summed E-state index contributed by atoms with van der Waals surface area (Å²) in [5.74, 6) is -0.234. The minimum Gasteiger partial charge on any atom is -0.465 e. The second-order valence-corrected chi connectivity index (χ2v) is 6.06. The summed E-state index contributed by atoms with van der Waals surface area (Å²) in [7, 11) is 0. The number of hydrogen-bond donors (Lipinski definition) is 0. The molecule has 0 saturated heterocycles. The van der Waals surface area contributed by atoms with E-state index in [4.69, 9.17) is 9.47 Å². The van der Waals surface area contributed by atoms with E-state index in [0.717, 1.165) is 25.7 Å². The molecule has 0 atom stereocenters. The van der Waals surface area contributed by atoms with Crippen LogP contribution in [0.15, 0.2) is 0 Å². The molecule has 6 heteroatoms. The van der Waals surface area contributed by atoms with Gasteiger partial charge in [0.15, 0.2) is 0 Å². The number of unbranched alkanes of at least 4 members (excludes halogenated alkanes) is 7. The molecule has 0 N–H and O–H groups in total. The molecule has 0 unspecified atom stereocenters. The lowest BCUT2D eigenvalue weighted by atomic mass is 10.1. The molecule has 4 nitrogen and oxygen atoms in total. The molecule has 0 aromatic heterocycles. The van der Waals surface area contributed by atoms with Crippen LogP contribution >= 0.6 is 45.2 Å². The van der Waals surface area contributed by atoms with Crippen molar-refractivity contribution >= 4 is 57.1 Å². The van der Waals surface area contributed by atoms with Gasteiger partial charge in [-0.15, -0.1) is 0 Å². The van der Waals surface area contributed by atoms with Crippen LogP contribution in [0.3, 0.4) is 0 Å². The third-order valence-electron chi connectivity index (χ3n) is 2.78. The molecule has 118 valence electrons. The topological polar surface area (TPSA) is 52.6 Å². The van der Waals surface area contributed by atoms with Crippen molar-refractivity contribution in [1.82, 2.24) is 0 Å². The van der Waals surface area contributed by atoms with Gasteiger partial charge in [0.25, 0.3) is 0 Å². The molecule has 20 heavy (non-hydrogen) atoms. The van der Waals surface area contributed by atoms with Gasteiger partial charge in [-0.1, -0.05) is 83.7 Å². The number of carbonyl (C=O) groups is 2. The van der Waals surface area contributed by atoms with E-state index in [1.807, 2.05) is 45.2 Å². The van der Waals surface area contributed by atoms with E-state index in [1.54, 1.807) is 0 Å². The van der Waals surface area contributed by atoms with E-state index in [1.165, 1.54) is 25.7 Å². The molecule has 0 rings (SSSR count). The van der Waals surface area contributed by atoms with E-state index >= 15 is 0 Å². The van der Waals surface area contributed by atoms with E-state index < -0.39 is 0 Å². The Morgan fingerprint density at radius 1 is 0.600 bits per heavy atom. The zero-order valence-corrected chi connectivity index (χ0v) is 16.2. The molecule has 0 fully saturated rings. The molecular weight excluding hydrogens is 486 g/mol. The van der Waals surface area contributed by atoms with Gasteiger partial charge in [-0.25, -0.2) is 0 Å². The van der Waals surface area contributed by atoms with E-state index in [2.05, 4.69) is 0 Å². The summed E-state index contributed by atoms with van der Waals surface area (Å²) < 4.78 is 10.9. The van der Waals surface area contributed by atoms with Crippen LogP contribution in [-0.4, -0.2) is 34.0 Å².